The summed E-state index contributed by atoms with van der Waals surface area (Å²) >= 11 is 0. The molecule has 0 spiro atoms. The highest BCUT2D eigenvalue weighted by atomic mass is 16.5. The summed E-state index contributed by atoms with van der Waals surface area (Å²) in [6.07, 6.45) is 1.27. The summed E-state index contributed by atoms with van der Waals surface area (Å²) in [5.41, 5.74) is 1.40. The molecule has 1 fully saturated rings. The van der Waals surface area contributed by atoms with Crippen LogP contribution in [-0.4, -0.2) is 19.7 Å². The predicted molar refractivity (Wildman–Crippen MR) is 84.5 cm³/mol. The Bertz CT molecular complexity index is 605. The average Bonchev–Trinajstić information content (AvgIpc) is 3.23. The number of nitrogens with one attached hydrogen (secondary N) is 1. The average molecular weight is 269 g/mol. The van der Waals surface area contributed by atoms with Gasteiger partial charge < -0.3 is 10.1 Å². The predicted octanol–water partition coefficient (Wildman–Crippen LogP) is 3.95. The van der Waals surface area contributed by atoms with Crippen molar-refractivity contribution in [2.24, 2.45) is 5.92 Å². The number of fused-ring (bicyclic) bond motifs is 1. The van der Waals surface area contributed by atoms with Gasteiger partial charge in [-0.15, -0.1) is 0 Å². The van der Waals surface area contributed by atoms with Crippen LogP contribution in [0.3, 0.4) is 0 Å². The monoisotopic (exact) mass is 269 g/mol. The summed E-state index contributed by atoms with van der Waals surface area (Å²) in [5.74, 6) is 2.43. The summed E-state index contributed by atoms with van der Waals surface area (Å²) in [7, 11) is 1.78. The standard InChI is InChI=1S/C18H23NO/c1-12(2)19-11-14-10-16(14)18-15-7-5-4-6-13(15)8-9-17(18)20-3/h4-9,12,14,16,19H,10-11H2,1-3H3. The number of ether oxygens (including phenoxy) is 1. The molecule has 0 bridgehead atoms. The fourth-order valence-electron chi connectivity index (χ4n) is 3.05. The largest absolute Gasteiger partial charge is 0.496 e. The van der Waals surface area contributed by atoms with Crippen LogP contribution in [0, 0.1) is 5.92 Å². The summed E-state index contributed by atoms with van der Waals surface area (Å²) in [6, 6.07) is 13.5. The van der Waals surface area contributed by atoms with Gasteiger partial charge in [-0.3, -0.25) is 0 Å². The first-order valence-corrected chi connectivity index (χ1v) is 7.49. The second kappa shape index (κ2) is 5.45. The van der Waals surface area contributed by atoms with Crippen molar-refractivity contribution in [2.75, 3.05) is 13.7 Å². The molecule has 2 aromatic carbocycles. The van der Waals surface area contributed by atoms with E-state index in [0.717, 1.165) is 18.2 Å². The maximum absolute atomic E-state index is 5.61. The molecule has 0 saturated heterocycles. The summed E-state index contributed by atoms with van der Waals surface area (Å²) < 4.78 is 5.61. The molecule has 1 saturated carbocycles. The van der Waals surface area contributed by atoms with Gasteiger partial charge in [0.2, 0.25) is 0 Å². The van der Waals surface area contributed by atoms with Crippen molar-refractivity contribution >= 4 is 10.8 Å². The molecule has 1 aliphatic carbocycles. The fraction of sp³-hybridized carbons (Fsp3) is 0.444. The molecule has 0 amide bonds. The molecular formula is C18H23NO. The van der Waals surface area contributed by atoms with E-state index in [0.29, 0.717) is 12.0 Å². The van der Waals surface area contributed by atoms with E-state index in [1.54, 1.807) is 7.11 Å². The van der Waals surface area contributed by atoms with E-state index in [-0.39, 0.29) is 0 Å². The molecule has 2 unspecified atom stereocenters. The van der Waals surface area contributed by atoms with Crippen LogP contribution in [-0.2, 0) is 0 Å². The van der Waals surface area contributed by atoms with E-state index in [2.05, 4.69) is 55.6 Å². The van der Waals surface area contributed by atoms with Crippen LogP contribution in [0.15, 0.2) is 36.4 Å². The summed E-state index contributed by atoms with van der Waals surface area (Å²) in [5, 5.41) is 6.21. The van der Waals surface area contributed by atoms with Crippen molar-refractivity contribution in [3.63, 3.8) is 0 Å². The molecule has 2 atom stereocenters. The van der Waals surface area contributed by atoms with E-state index in [4.69, 9.17) is 4.74 Å². The van der Waals surface area contributed by atoms with Gasteiger partial charge in [0, 0.05) is 11.6 Å². The van der Waals surface area contributed by atoms with E-state index < -0.39 is 0 Å². The van der Waals surface area contributed by atoms with Crippen LogP contribution in [0.4, 0.5) is 0 Å². The maximum Gasteiger partial charge on any atom is 0.122 e. The van der Waals surface area contributed by atoms with Crippen LogP contribution in [0.5, 0.6) is 5.75 Å². The van der Waals surface area contributed by atoms with Crippen LogP contribution < -0.4 is 10.1 Å². The third-order valence-electron chi connectivity index (χ3n) is 4.23. The molecule has 20 heavy (non-hydrogen) atoms. The lowest BCUT2D eigenvalue weighted by Gasteiger charge is -2.13. The lowest BCUT2D eigenvalue weighted by molar-refractivity contribution is 0.409. The van der Waals surface area contributed by atoms with Crippen molar-refractivity contribution in [3.8, 4) is 5.75 Å². The molecule has 1 aliphatic rings. The van der Waals surface area contributed by atoms with Gasteiger partial charge in [-0.1, -0.05) is 44.2 Å². The minimum atomic E-state index is 0.561. The van der Waals surface area contributed by atoms with Gasteiger partial charge in [-0.05, 0) is 41.6 Å². The third-order valence-corrected chi connectivity index (χ3v) is 4.23. The first kappa shape index (κ1) is 13.4. The van der Waals surface area contributed by atoms with Crippen LogP contribution >= 0.6 is 0 Å². The number of benzene rings is 2. The Hall–Kier alpha value is -1.54. The van der Waals surface area contributed by atoms with Crippen molar-refractivity contribution in [1.29, 1.82) is 0 Å². The molecule has 0 aromatic heterocycles. The van der Waals surface area contributed by atoms with Gasteiger partial charge in [0.05, 0.1) is 7.11 Å². The molecule has 0 aliphatic heterocycles. The zero-order chi connectivity index (χ0) is 14.1. The molecule has 1 N–H and O–H groups in total. The highest BCUT2D eigenvalue weighted by molar-refractivity contribution is 5.88. The Kier molecular flexibility index (Phi) is 3.66. The van der Waals surface area contributed by atoms with Gasteiger partial charge in [0.1, 0.15) is 5.75 Å². The topological polar surface area (TPSA) is 21.3 Å². The SMILES string of the molecule is COc1ccc2ccccc2c1C1CC1CNC(C)C. The van der Waals surface area contributed by atoms with Gasteiger partial charge in [0.15, 0.2) is 0 Å². The van der Waals surface area contributed by atoms with Crippen LogP contribution in [0.2, 0.25) is 0 Å². The number of methoxy groups -OCH3 is 1. The Morgan fingerprint density at radius 1 is 1.20 bits per heavy atom. The van der Waals surface area contributed by atoms with E-state index in [1.165, 1.54) is 22.8 Å². The van der Waals surface area contributed by atoms with Gasteiger partial charge >= 0.3 is 0 Å². The quantitative estimate of drug-likeness (QED) is 0.887. The van der Waals surface area contributed by atoms with E-state index >= 15 is 0 Å². The zero-order valence-corrected chi connectivity index (χ0v) is 12.5. The van der Waals surface area contributed by atoms with E-state index in [1.807, 2.05) is 0 Å². The zero-order valence-electron chi connectivity index (χ0n) is 12.5. The summed E-state index contributed by atoms with van der Waals surface area (Å²) in [4.78, 5) is 0. The molecular weight excluding hydrogens is 246 g/mol. The Morgan fingerprint density at radius 3 is 2.75 bits per heavy atom. The van der Waals surface area contributed by atoms with Crippen LogP contribution in [0.25, 0.3) is 10.8 Å². The minimum Gasteiger partial charge on any atom is -0.496 e. The number of hydrogen-bond acceptors (Lipinski definition) is 2. The molecule has 2 aromatic rings. The first-order valence-electron chi connectivity index (χ1n) is 7.49. The normalized spacial score (nSPS) is 21.4. The number of rotatable bonds is 5. The van der Waals surface area contributed by atoms with Gasteiger partial charge in [-0.2, -0.15) is 0 Å². The van der Waals surface area contributed by atoms with Crippen molar-refractivity contribution in [3.05, 3.63) is 42.0 Å². The smallest absolute Gasteiger partial charge is 0.122 e. The molecule has 2 nitrogen and oxygen atoms in total. The highest BCUT2D eigenvalue weighted by Gasteiger charge is 2.40. The van der Waals surface area contributed by atoms with Crippen molar-refractivity contribution < 1.29 is 4.74 Å². The first-order chi connectivity index (χ1) is 9.70. The van der Waals surface area contributed by atoms with Crippen LogP contribution in [0.1, 0.15) is 31.7 Å². The molecule has 0 radical (unpaired) electrons. The Morgan fingerprint density at radius 2 is 2.00 bits per heavy atom. The second-order valence-electron chi connectivity index (χ2n) is 6.07. The minimum absolute atomic E-state index is 0.561. The third kappa shape index (κ3) is 2.53. The number of hydrogen-bond donors (Lipinski definition) is 1. The van der Waals surface area contributed by atoms with Gasteiger partial charge in [-0.25, -0.2) is 0 Å². The molecule has 2 heteroatoms. The van der Waals surface area contributed by atoms with Crippen molar-refractivity contribution in [2.45, 2.75) is 32.2 Å². The Balaban J connectivity index is 1.91. The lowest BCUT2D eigenvalue weighted by atomic mass is 9.99. The second-order valence-corrected chi connectivity index (χ2v) is 6.07. The molecule has 3 rings (SSSR count). The molecule has 106 valence electrons. The maximum atomic E-state index is 5.61. The molecule has 0 heterocycles. The van der Waals surface area contributed by atoms with Gasteiger partial charge in [0.25, 0.3) is 0 Å². The highest BCUT2D eigenvalue weighted by Crippen LogP contribution is 2.52. The fourth-order valence-corrected chi connectivity index (χ4v) is 3.05. The van der Waals surface area contributed by atoms with E-state index in [9.17, 15) is 0 Å². The summed E-state index contributed by atoms with van der Waals surface area (Å²) in [6.45, 7) is 5.51. The Labute approximate surface area is 121 Å². The van der Waals surface area contributed by atoms with Crippen molar-refractivity contribution in [1.82, 2.24) is 5.32 Å². The lowest BCUT2D eigenvalue weighted by Crippen LogP contribution is -2.25.